The Kier molecular flexibility index (Phi) is 7.96. The molecule has 2 aliphatic rings. The minimum atomic E-state index is -0.235. The topological polar surface area (TPSA) is 69.0 Å². The SMILES string of the molecule is C[C@@H]1CN(C2=NC(=O)/C(=C/c3cn(-c4ccccc4)nc3-c3ccc(OCc4ccc(Cl)cc4)cc3)S2)C[C@H](C)O1. The van der Waals surface area contributed by atoms with Gasteiger partial charge in [0.1, 0.15) is 12.4 Å². The number of ether oxygens (including phenoxy) is 2. The molecule has 1 aromatic heterocycles. The summed E-state index contributed by atoms with van der Waals surface area (Å²) in [6, 6.07) is 25.4. The molecule has 2 aliphatic heterocycles. The zero-order chi connectivity index (χ0) is 28.3. The summed E-state index contributed by atoms with van der Waals surface area (Å²) in [6.07, 6.45) is 4.01. The Morgan fingerprint density at radius 2 is 1.71 bits per heavy atom. The lowest BCUT2D eigenvalue weighted by Crippen LogP contribution is -2.47. The normalized spacial score (nSPS) is 20.0. The van der Waals surface area contributed by atoms with E-state index in [2.05, 4.69) is 9.89 Å². The van der Waals surface area contributed by atoms with Crippen LogP contribution in [0.2, 0.25) is 5.02 Å². The van der Waals surface area contributed by atoms with Crippen LogP contribution in [-0.2, 0) is 16.1 Å². The quantitative estimate of drug-likeness (QED) is 0.231. The van der Waals surface area contributed by atoms with Crippen LogP contribution in [0, 0.1) is 0 Å². The Morgan fingerprint density at radius 1 is 1.00 bits per heavy atom. The Morgan fingerprint density at radius 3 is 2.41 bits per heavy atom. The average molecular weight is 585 g/mol. The summed E-state index contributed by atoms with van der Waals surface area (Å²) >= 11 is 7.39. The number of amidine groups is 1. The number of aromatic nitrogens is 2. The van der Waals surface area contributed by atoms with Crippen LogP contribution < -0.4 is 4.74 Å². The molecular weight excluding hydrogens is 556 g/mol. The zero-order valence-electron chi connectivity index (χ0n) is 22.7. The fraction of sp³-hybridized carbons (Fsp3) is 0.219. The highest BCUT2D eigenvalue weighted by Gasteiger charge is 2.31. The van der Waals surface area contributed by atoms with Gasteiger partial charge in [-0.15, -0.1) is 0 Å². The second-order valence-electron chi connectivity index (χ2n) is 10.1. The van der Waals surface area contributed by atoms with E-state index in [1.165, 1.54) is 11.8 Å². The molecule has 41 heavy (non-hydrogen) atoms. The number of nitrogens with zero attached hydrogens (tertiary/aromatic N) is 4. The minimum absolute atomic E-state index is 0.0824. The predicted molar refractivity (Wildman–Crippen MR) is 164 cm³/mol. The fourth-order valence-corrected chi connectivity index (χ4v) is 5.94. The highest BCUT2D eigenvalue weighted by atomic mass is 35.5. The number of benzene rings is 3. The Labute approximate surface area is 248 Å². The van der Waals surface area contributed by atoms with E-state index >= 15 is 0 Å². The Hall–Kier alpha value is -3.85. The summed E-state index contributed by atoms with van der Waals surface area (Å²) in [5.74, 6) is 0.515. The van der Waals surface area contributed by atoms with E-state index in [1.54, 1.807) is 0 Å². The molecule has 208 valence electrons. The van der Waals surface area contributed by atoms with E-state index in [0.29, 0.717) is 29.6 Å². The second-order valence-corrected chi connectivity index (χ2v) is 11.6. The molecule has 4 aromatic rings. The van der Waals surface area contributed by atoms with Gasteiger partial charge in [-0.2, -0.15) is 10.1 Å². The molecule has 0 bridgehead atoms. The van der Waals surface area contributed by atoms with Gasteiger partial charge >= 0.3 is 0 Å². The van der Waals surface area contributed by atoms with Gasteiger partial charge in [0.05, 0.1) is 28.5 Å². The first-order chi connectivity index (χ1) is 19.9. The number of carbonyl (C=O) groups excluding carboxylic acids is 1. The van der Waals surface area contributed by atoms with Gasteiger partial charge in [-0.05, 0) is 85.8 Å². The third kappa shape index (κ3) is 6.40. The van der Waals surface area contributed by atoms with Crippen molar-refractivity contribution in [2.75, 3.05) is 13.1 Å². The Balaban J connectivity index is 1.26. The van der Waals surface area contributed by atoms with Gasteiger partial charge in [0.15, 0.2) is 5.17 Å². The highest BCUT2D eigenvalue weighted by Crippen LogP contribution is 2.34. The second kappa shape index (κ2) is 11.9. The third-order valence-corrected chi connectivity index (χ3v) is 8.09. The average Bonchev–Trinajstić information content (AvgIpc) is 3.57. The first-order valence-corrected chi connectivity index (χ1v) is 14.7. The summed E-state index contributed by atoms with van der Waals surface area (Å²) in [5.41, 5.74) is 4.48. The lowest BCUT2D eigenvalue weighted by atomic mass is 10.1. The smallest absolute Gasteiger partial charge is 0.286 e. The van der Waals surface area contributed by atoms with Crippen LogP contribution in [0.5, 0.6) is 5.75 Å². The standard InChI is InChI=1S/C32H29ClN4O3S/c1-21-17-36(18-22(2)40-21)32-34-31(38)29(41-32)16-25-19-37(27-6-4-3-5-7-27)35-30(25)24-10-14-28(15-11-24)39-20-23-8-12-26(33)13-9-23/h3-16,19,21-22H,17-18,20H2,1-2H3/b29-16-/t21-,22+. The lowest BCUT2D eigenvalue weighted by molar-refractivity contribution is -0.113. The number of hydrogen-bond acceptors (Lipinski definition) is 6. The molecule has 6 rings (SSSR count). The van der Waals surface area contributed by atoms with Crippen molar-refractivity contribution in [2.45, 2.75) is 32.7 Å². The maximum absolute atomic E-state index is 13.0. The minimum Gasteiger partial charge on any atom is -0.489 e. The number of amides is 1. The molecule has 3 aromatic carbocycles. The zero-order valence-corrected chi connectivity index (χ0v) is 24.3. The number of para-hydroxylation sites is 1. The summed E-state index contributed by atoms with van der Waals surface area (Å²) < 4.78 is 13.7. The molecule has 0 aliphatic carbocycles. The first-order valence-electron chi connectivity index (χ1n) is 13.5. The molecule has 2 atom stereocenters. The molecule has 0 saturated carbocycles. The van der Waals surface area contributed by atoms with Gasteiger partial charge in [-0.3, -0.25) is 4.79 Å². The van der Waals surface area contributed by atoms with Crippen molar-refractivity contribution in [2.24, 2.45) is 4.99 Å². The van der Waals surface area contributed by atoms with Gasteiger partial charge in [0, 0.05) is 35.4 Å². The van der Waals surface area contributed by atoms with Gasteiger partial charge in [-0.1, -0.05) is 41.9 Å². The lowest BCUT2D eigenvalue weighted by Gasteiger charge is -2.35. The maximum atomic E-state index is 13.0. The summed E-state index contributed by atoms with van der Waals surface area (Å²) in [7, 11) is 0. The summed E-state index contributed by atoms with van der Waals surface area (Å²) in [5, 5.41) is 6.34. The number of halogens is 1. The first kappa shape index (κ1) is 27.3. The number of aliphatic imine (C=N–C) groups is 1. The largest absolute Gasteiger partial charge is 0.489 e. The molecule has 0 unspecified atom stereocenters. The van der Waals surface area contributed by atoms with E-state index in [4.69, 9.17) is 26.2 Å². The molecule has 0 spiro atoms. The number of carbonyl (C=O) groups is 1. The van der Waals surface area contributed by atoms with Gasteiger partial charge < -0.3 is 14.4 Å². The van der Waals surface area contributed by atoms with E-state index < -0.39 is 0 Å². The van der Waals surface area contributed by atoms with Crippen LogP contribution in [0.4, 0.5) is 0 Å². The van der Waals surface area contributed by atoms with Crippen LogP contribution in [0.15, 0.2) is 95.0 Å². The predicted octanol–water partition coefficient (Wildman–Crippen LogP) is 6.85. The molecule has 1 saturated heterocycles. The van der Waals surface area contributed by atoms with E-state index in [1.807, 2.05) is 110 Å². The number of thioether (sulfide) groups is 1. The van der Waals surface area contributed by atoms with Crippen LogP contribution >= 0.6 is 23.4 Å². The highest BCUT2D eigenvalue weighted by molar-refractivity contribution is 8.18. The van der Waals surface area contributed by atoms with E-state index in [0.717, 1.165) is 39.0 Å². The summed E-state index contributed by atoms with van der Waals surface area (Å²) in [6.45, 7) is 5.94. The molecule has 1 amide bonds. The number of morpholine rings is 1. The van der Waals surface area contributed by atoms with Gasteiger partial charge in [0.25, 0.3) is 5.91 Å². The Bertz CT molecular complexity index is 1590. The van der Waals surface area contributed by atoms with Crippen molar-refractivity contribution in [3.63, 3.8) is 0 Å². The molecule has 7 nitrogen and oxygen atoms in total. The van der Waals surface area contributed by atoms with Crippen molar-refractivity contribution >= 4 is 40.5 Å². The van der Waals surface area contributed by atoms with E-state index in [-0.39, 0.29) is 18.1 Å². The van der Waals surface area contributed by atoms with E-state index in [9.17, 15) is 4.79 Å². The molecular formula is C32H29ClN4O3S. The number of rotatable bonds is 6. The third-order valence-electron chi connectivity index (χ3n) is 6.80. The van der Waals surface area contributed by atoms with Crippen molar-refractivity contribution in [3.05, 3.63) is 106 Å². The molecule has 0 N–H and O–H groups in total. The van der Waals surface area contributed by atoms with Gasteiger partial charge in [-0.25, -0.2) is 4.68 Å². The fourth-order valence-electron chi connectivity index (χ4n) is 4.90. The van der Waals surface area contributed by atoms with Crippen LogP contribution in [0.1, 0.15) is 25.0 Å². The monoisotopic (exact) mass is 584 g/mol. The van der Waals surface area contributed by atoms with Crippen molar-refractivity contribution in [1.82, 2.24) is 14.7 Å². The van der Waals surface area contributed by atoms with Crippen molar-refractivity contribution < 1.29 is 14.3 Å². The van der Waals surface area contributed by atoms with Crippen LogP contribution in [0.3, 0.4) is 0 Å². The number of hydrogen-bond donors (Lipinski definition) is 0. The molecule has 1 fully saturated rings. The van der Waals surface area contributed by atoms with Crippen molar-refractivity contribution in [3.8, 4) is 22.7 Å². The molecule has 0 radical (unpaired) electrons. The molecule has 3 heterocycles. The summed E-state index contributed by atoms with van der Waals surface area (Å²) in [4.78, 5) is 20.1. The van der Waals surface area contributed by atoms with Gasteiger partial charge in [0.2, 0.25) is 0 Å². The maximum Gasteiger partial charge on any atom is 0.286 e. The molecule has 9 heteroatoms. The van der Waals surface area contributed by atoms with Crippen LogP contribution in [-0.4, -0.2) is 51.1 Å². The van der Waals surface area contributed by atoms with Crippen molar-refractivity contribution in [1.29, 1.82) is 0 Å². The van der Waals surface area contributed by atoms with Crippen LogP contribution in [0.25, 0.3) is 23.0 Å².